The van der Waals surface area contributed by atoms with Crippen molar-refractivity contribution in [1.29, 1.82) is 0 Å². The quantitative estimate of drug-likeness (QED) is 0.505. The minimum Gasteiger partial charge on any atom is -0.480 e. The number of carboxylic acids is 1. The molecule has 0 saturated carbocycles. The molecule has 0 saturated heterocycles. The molecule has 0 fully saturated rings. The van der Waals surface area contributed by atoms with Crippen molar-refractivity contribution < 1.29 is 19.5 Å². The van der Waals surface area contributed by atoms with Gasteiger partial charge >= 0.3 is 5.97 Å². The van der Waals surface area contributed by atoms with E-state index in [1.807, 2.05) is 47.8 Å². The van der Waals surface area contributed by atoms with Crippen LogP contribution in [-0.4, -0.2) is 33.8 Å². The van der Waals surface area contributed by atoms with Crippen LogP contribution in [0.5, 0.6) is 0 Å². The highest BCUT2D eigenvalue weighted by Crippen LogP contribution is 2.18. The molecule has 6 nitrogen and oxygen atoms in total. The SMILES string of the molecule is CC(C)[C@H](NC(=O)c1cccc(CN(Cc2ccccc2)C(=O)c2cccs2)c1)C(=O)O. The summed E-state index contributed by atoms with van der Waals surface area (Å²) in [4.78, 5) is 39.6. The Balaban J connectivity index is 1.81. The maximum absolute atomic E-state index is 13.1. The summed E-state index contributed by atoms with van der Waals surface area (Å²) >= 11 is 1.39. The van der Waals surface area contributed by atoms with Gasteiger partial charge in [-0.05, 0) is 40.6 Å². The van der Waals surface area contributed by atoms with Crippen molar-refractivity contribution in [1.82, 2.24) is 10.2 Å². The fourth-order valence-corrected chi connectivity index (χ4v) is 4.02. The van der Waals surface area contributed by atoms with Gasteiger partial charge in [-0.3, -0.25) is 9.59 Å². The van der Waals surface area contributed by atoms with Crippen LogP contribution in [0.15, 0.2) is 72.1 Å². The summed E-state index contributed by atoms with van der Waals surface area (Å²) in [6.45, 7) is 4.24. The predicted octanol–water partition coefficient (Wildman–Crippen LogP) is 4.43. The van der Waals surface area contributed by atoms with E-state index in [1.54, 1.807) is 43.0 Å². The fourth-order valence-electron chi connectivity index (χ4n) is 3.33. The largest absolute Gasteiger partial charge is 0.480 e. The number of benzene rings is 2. The third kappa shape index (κ3) is 6.04. The molecule has 3 aromatic rings. The van der Waals surface area contributed by atoms with Gasteiger partial charge in [-0.2, -0.15) is 0 Å². The molecule has 2 N–H and O–H groups in total. The van der Waals surface area contributed by atoms with Crippen molar-refractivity contribution in [3.63, 3.8) is 0 Å². The van der Waals surface area contributed by atoms with E-state index < -0.39 is 17.9 Å². The molecule has 0 aliphatic carbocycles. The molecule has 1 atom stereocenters. The summed E-state index contributed by atoms with van der Waals surface area (Å²) in [7, 11) is 0. The van der Waals surface area contributed by atoms with E-state index in [1.165, 1.54) is 11.3 Å². The van der Waals surface area contributed by atoms with Crippen LogP contribution in [0.1, 0.15) is 45.0 Å². The number of carbonyl (C=O) groups excluding carboxylic acids is 2. The third-order valence-electron chi connectivity index (χ3n) is 5.02. The van der Waals surface area contributed by atoms with Gasteiger partial charge in [0.05, 0.1) is 4.88 Å². The van der Waals surface area contributed by atoms with E-state index >= 15 is 0 Å². The number of nitrogens with one attached hydrogen (secondary N) is 1. The van der Waals surface area contributed by atoms with Gasteiger partial charge in [0.15, 0.2) is 0 Å². The zero-order valence-corrected chi connectivity index (χ0v) is 18.8. The van der Waals surface area contributed by atoms with Crippen molar-refractivity contribution in [2.24, 2.45) is 5.92 Å². The lowest BCUT2D eigenvalue weighted by Crippen LogP contribution is -2.44. The fraction of sp³-hybridized carbons (Fsp3) is 0.240. The van der Waals surface area contributed by atoms with Crippen LogP contribution in [0.3, 0.4) is 0 Å². The number of carboxylic acid groups (broad SMARTS) is 1. The summed E-state index contributed by atoms with van der Waals surface area (Å²) in [6.07, 6.45) is 0. The molecule has 166 valence electrons. The lowest BCUT2D eigenvalue weighted by atomic mass is 10.0. The summed E-state index contributed by atoms with van der Waals surface area (Å²) in [5, 5.41) is 13.8. The van der Waals surface area contributed by atoms with Crippen LogP contribution < -0.4 is 5.32 Å². The second kappa shape index (κ2) is 10.7. The molecule has 0 aliphatic rings. The number of amides is 2. The Kier molecular flexibility index (Phi) is 7.78. The highest BCUT2D eigenvalue weighted by atomic mass is 32.1. The van der Waals surface area contributed by atoms with Crippen molar-refractivity contribution in [3.8, 4) is 0 Å². The highest BCUT2D eigenvalue weighted by molar-refractivity contribution is 7.12. The van der Waals surface area contributed by atoms with Gasteiger partial charge in [-0.15, -0.1) is 11.3 Å². The number of thiophene rings is 1. The molecule has 2 amide bonds. The van der Waals surface area contributed by atoms with Crippen LogP contribution in [0.4, 0.5) is 0 Å². The highest BCUT2D eigenvalue weighted by Gasteiger charge is 2.24. The van der Waals surface area contributed by atoms with Gasteiger partial charge in [-0.25, -0.2) is 4.79 Å². The monoisotopic (exact) mass is 450 g/mol. The first-order valence-electron chi connectivity index (χ1n) is 10.3. The molecule has 32 heavy (non-hydrogen) atoms. The van der Waals surface area contributed by atoms with Gasteiger partial charge in [0.1, 0.15) is 6.04 Å². The summed E-state index contributed by atoms with van der Waals surface area (Å²) < 4.78 is 0. The molecule has 3 rings (SSSR count). The van der Waals surface area contributed by atoms with Crippen LogP contribution in [0.25, 0.3) is 0 Å². The van der Waals surface area contributed by atoms with Gasteiger partial charge in [0, 0.05) is 18.7 Å². The van der Waals surface area contributed by atoms with Crippen molar-refractivity contribution in [2.45, 2.75) is 33.0 Å². The number of aliphatic carboxylic acids is 1. The molecule has 0 unspecified atom stereocenters. The first-order valence-corrected chi connectivity index (χ1v) is 11.2. The minimum absolute atomic E-state index is 0.0792. The van der Waals surface area contributed by atoms with E-state index in [9.17, 15) is 19.5 Å². The zero-order chi connectivity index (χ0) is 23.1. The zero-order valence-electron chi connectivity index (χ0n) is 18.0. The molecular formula is C25H26N2O4S. The Bertz CT molecular complexity index is 1060. The average molecular weight is 451 g/mol. The van der Waals surface area contributed by atoms with Gasteiger partial charge in [-0.1, -0.05) is 62.4 Å². The van der Waals surface area contributed by atoms with Crippen LogP contribution in [0.2, 0.25) is 0 Å². The summed E-state index contributed by atoms with van der Waals surface area (Å²) in [5.41, 5.74) is 2.15. The Morgan fingerprint density at radius 2 is 1.62 bits per heavy atom. The van der Waals surface area contributed by atoms with E-state index in [4.69, 9.17) is 0 Å². The van der Waals surface area contributed by atoms with Crippen LogP contribution in [0, 0.1) is 5.92 Å². The molecule has 0 bridgehead atoms. The number of carbonyl (C=O) groups is 3. The summed E-state index contributed by atoms with van der Waals surface area (Å²) in [5.74, 6) is -1.85. The second-order valence-corrected chi connectivity index (χ2v) is 8.81. The van der Waals surface area contributed by atoms with Crippen molar-refractivity contribution in [3.05, 3.63) is 93.7 Å². The van der Waals surface area contributed by atoms with Crippen LogP contribution >= 0.6 is 11.3 Å². The Hall–Kier alpha value is -3.45. The molecule has 2 aromatic carbocycles. The number of hydrogen-bond donors (Lipinski definition) is 2. The second-order valence-electron chi connectivity index (χ2n) is 7.86. The predicted molar refractivity (Wildman–Crippen MR) is 125 cm³/mol. The Morgan fingerprint density at radius 1 is 0.938 bits per heavy atom. The van der Waals surface area contributed by atoms with Gasteiger partial charge in [0.2, 0.25) is 0 Å². The molecule has 0 aliphatic heterocycles. The maximum Gasteiger partial charge on any atom is 0.326 e. The van der Waals surface area contributed by atoms with Crippen molar-refractivity contribution >= 4 is 29.1 Å². The first-order chi connectivity index (χ1) is 15.3. The standard InChI is InChI=1S/C25H26N2O4S/c1-17(2)22(25(30)31)26-23(28)20-11-6-10-19(14-20)16-27(15-18-8-4-3-5-9-18)24(29)21-12-7-13-32-21/h3-14,17,22H,15-16H2,1-2H3,(H,26,28)(H,30,31)/t22-/m0/s1. The summed E-state index contributed by atoms with van der Waals surface area (Å²) in [6, 6.07) is 19.3. The molecular weight excluding hydrogens is 424 g/mol. The normalized spacial score (nSPS) is 11.7. The number of rotatable bonds is 9. The van der Waals surface area contributed by atoms with E-state index in [0.29, 0.717) is 23.5 Å². The first kappa shape index (κ1) is 23.2. The smallest absolute Gasteiger partial charge is 0.326 e. The maximum atomic E-state index is 13.1. The third-order valence-corrected chi connectivity index (χ3v) is 5.88. The number of hydrogen-bond acceptors (Lipinski definition) is 4. The molecule has 7 heteroatoms. The van der Waals surface area contributed by atoms with Crippen molar-refractivity contribution in [2.75, 3.05) is 0 Å². The molecule has 1 heterocycles. The Labute approximate surface area is 191 Å². The van der Waals surface area contributed by atoms with Crippen LogP contribution in [-0.2, 0) is 17.9 Å². The lowest BCUT2D eigenvalue weighted by Gasteiger charge is -2.23. The lowest BCUT2D eigenvalue weighted by molar-refractivity contribution is -0.140. The molecule has 0 radical (unpaired) electrons. The van der Waals surface area contributed by atoms with Gasteiger partial charge < -0.3 is 15.3 Å². The van der Waals surface area contributed by atoms with E-state index in [2.05, 4.69) is 5.32 Å². The van der Waals surface area contributed by atoms with E-state index in [0.717, 1.165) is 11.1 Å². The van der Waals surface area contributed by atoms with Gasteiger partial charge in [0.25, 0.3) is 11.8 Å². The molecule has 1 aromatic heterocycles. The average Bonchev–Trinajstić information content (AvgIpc) is 3.32. The van der Waals surface area contributed by atoms with E-state index in [-0.39, 0.29) is 11.8 Å². The minimum atomic E-state index is -1.07. The molecule has 0 spiro atoms. The number of nitrogens with zero attached hydrogens (tertiary/aromatic N) is 1. The Morgan fingerprint density at radius 3 is 2.25 bits per heavy atom. The topological polar surface area (TPSA) is 86.7 Å².